The second-order valence-electron chi connectivity index (χ2n) is 4.97. The van der Waals surface area contributed by atoms with Gasteiger partial charge in [0.1, 0.15) is 11.6 Å². The van der Waals surface area contributed by atoms with Gasteiger partial charge in [0.2, 0.25) is 5.89 Å². The summed E-state index contributed by atoms with van der Waals surface area (Å²) in [6.45, 7) is 1.03. The highest BCUT2D eigenvalue weighted by Gasteiger charge is 2.19. The molecule has 1 atom stereocenters. The number of nitrogens with zero attached hydrogens (tertiary/aromatic N) is 1. The van der Waals surface area contributed by atoms with Crippen molar-refractivity contribution in [2.45, 2.75) is 31.7 Å². The number of halogens is 3. The van der Waals surface area contributed by atoms with Crippen LogP contribution in [0.1, 0.15) is 42.5 Å². The third-order valence-electron chi connectivity index (χ3n) is 3.47. The van der Waals surface area contributed by atoms with Crippen molar-refractivity contribution in [3.05, 3.63) is 53.5 Å². The van der Waals surface area contributed by atoms with E-state index in [1.165, 1.54) is 25.0 Å². The molecular formula is C15H19Cl2FN2O. The summed E-state index contributed by atoms with van der Waals surface area (Å²) in [7, 11) is 0. The van der Waals surface area contributed by atoms with Crippen molar-refractivity contribution in [3.63, 3.8) is 0 Å². The van der Waals surface area contributed by atoms with Gasteiger partial charge >= 0.3 is 0 Å². The van der Waals surface area contributed by atoms with E-state index in [9.17, 15) is 4.39 Å². The fourth-order valence-electron chi connectivity index (χ4n) is 2.43. The highest BCUT2D eigenvalue weighted by Crippen LogP contribution is 2.23. The quantitative estimate of drug-likeness (QED) is 0.920. The Balaban J connectivity index is 0.00000110. The average Bonchev–Trinajstić information content (AvgIpc) is 2.91. The van der Waals surface area contributed by atoms with Crippen LogP contribution in [-0.4, -0.2) is 11.5 Å². The summed E-state index contributed by atoms with van der Waals surface area (Å²) < 4.78 is 18.6. The van der Waals surface area contributed by atoms with Crippen molar-refractivity contribution in [1.82, 2.24) is 10.3 Å². The molecular weight excluding hydrogens is 314 g/mol. The summed E-state index contributed by atoms with van der Waals surface area (Å²) >= 11 is 0. The number of hydrogen-bond donors (Lipinski definition) is 1. The third kappa shape index (κ3) is 4.70. The molecule has 0 spiro atoms. The second-order valence-corrected chi connectivity index (χ2v) is 4.97. The van der Waals surface area contributed by atoms with E-state index in [0.717, 1.165) is 30.2 Å². The summed E-state index contributed by atoms with van der Waals surface area (Å²) in [5.74, 6) is 1.39. The summed E-state index contributed by atoms with van der Waals surface area (Å²) in [5.41, 5.74) is 1.03. The topological polar surface area (TPSA) is 38.1 Å². The van der Waals surface area contributed by atoms with E-state index in [4.69, 9.17) is 4.42 Å². The van der Waals surface area contributed by atoms with Crippen LogP contribution in [0, 0.1) is 5.82 Å². The third-order valence-corrected chi connectivity index (χ3v) is 3.47. The van der Waals surface area contributed by atoms with Crippen molar-refractivity contribution in [2.24, 2.45) is 0 Å². The van der Waals surface area contributed by atoms with E-state index < -0.39 is 0 Å². The number of rotatable bonds is 3. The van der Waals surface area contributed by atoms with Gasteiger partial charge in [-0.15, -0.1) is 24.8 Å². The Morgan fingerprint density at radius 3 is 2.62 bits per heavy atom. The van der Waals surface area contributed by atoms with Crippen LogP contribution in [0.2, 0.25) is 0 Å². The highest BCUT2D eigenvalue weighted by molar-refractivity contribution is 5.85. The maximum Gasteiger partial charge on any atom is 0.211 e. The first-order valence-electron chi connectivity index (χ1n) is 6.74. The number of oxazole rings is 1. The molecule has 2 heterocycles. The molecule has 0 aliphatic carbocycles. The van der Waals surface area contributed by atoms with Crippen LogP contribution < -0.4 is 5.32 Å². The molecule has 0 bridgehead atoms. The van der Waals surface area contributed by atoms with Crippen LogP contribution in [0.5, 0.6) is 0 Å². The Labute approximate surface area is 136 Å². The minimum absolute atomic E-state index is 0. The lowest BCUT2D eigenvalue weighted by molar-refractivity contribution is 0.331. The first-order chi connectivity index (χ1) is 9.31. The van der Waals surface area contributed by atoms with Crippen molar-refractivity contribution in [3.8, 4) is 0 Å². The lowest BCUT2D eigenvalue weighted by Crippen LogP contribution is -2.26. The number of piperidine rings is 1. The Morgan fingerprint density at radius 2 is 1.95 bits per heavy atom. The predicted octanol–water partition coefficient (Wildman–Crippen LogP) is 4.06. The van der Waals surface area contributed by atoms with Crippen LogP contribution >= 0.6 is 24.8 Å². The monoisotopic (exact) mass is 332 g/mol. The van der Waals surface area contributed by atoms with Gasteiger partial charge in [0.05, 0.1) is 12.2 Å². The molecule has 1 aliphatic heterocycles. The summed E-state index contributed by atoms with van der Waals surface area (Å²) in [6.07, 6.45) is 5.94. The van der Waals surface area contributed by atoms with E-state index in [1.807, 2.05) is 0 Å². The van der Waals surface area contributed by atoms with E-state index in [1.54, 1.807) is 18.3 Å². The zero-order valence-corrected chi connectivity index (χ0v) is 13.2. The zero-order chi connectivity index (χ0) is 13.1. The largest absolute Gasteiger partial charge is 0.444 e. The molecule has 2 aromatic rings. The Kier molecular flexibility index (Phi) is 7.15. The molecule has 3 nitrogen and oxygen atoms in total. The fourth-order valence-corrected chi connectivity index (χ4v) is 2.43. The molecule has 0 saturated carbocycles. The number of hydrogen-bond acceptors (Lipinski definition) is 3. The lowest BCUT2D eigenvalue weighted by atomic mass is 10.1. The van der Waals surface area contributed by atoms with E-state index >= 15 is 0 Å². The van der Waals surface area contributed by atoms with Crippen LogP contribution in [0.4, 0.5) is 4.39 Å². The first-order valence-corrected chi connectivity index (χ1v) is 6.74. The molecule has 1 aromatic carbocycles. The molecule has 1 aromatic heterocycles. The molecule has 1 unspecified atom stereocenters. The molecule has 1 saturated heterocycles. The molecule has 21 heavy (non-hydrogen) atoms. The highest BCUT2D eigenvalue weighted by atomic mass is 35.5. The predicted molar refractivity (Wildman–Crippen MR) is 84.8 cm³/mol. The Bertz CT molecular complexity index is 539. The van der Waals surface area contributed by atoms with Gasteiger partial charge < -0.3 is 9.73 Å². The van der Waals surface area contributed by atoms with E-state index in [0.29, 0.717) is 6.42 Å². The summed E-state index contributed by atoms with van der Waals surface area (Å²) in [6, 6.07) is 6.73. The molecule has 6 heteroatoms. The average molecular weight is 333 g/mol. The van der Waals surface area contributed by atoms with Gasteiger partial charge in [0.15, 0.2) is 0 Å². The minimum Gasteiger partial charge on any atom is -0.444 e. The van der Waals surface area contributed by atoms with Crippen molar-refractivity contribution >= 4 is 24.8 Å². The number of nitrogens with one attached hydrogen (secondary N) is 1. The van der Waals surface area contributed by atoms with E-state index in [-0.39, 0.29) is 36.7 Å². The lowest BCUT2D eigenvalue weighted by Gasteiger charge is -2.20. The maximum atomic E-state index is 12.8. The normalized spacial score (nSPS) is 17.7. The van der Waals surface area contributed by atoms with Crippen molar-refractivity contribution < 1.29 is 8.81 Å². The minimum atomic E-state index is -0.214. The van der Waals surface area contributed by atoms with Gasteiger partial charge in [-0.3, -0.25) is 0 Å². The zero-order valence-electron chi connectivity index (χ0n) is 11.5. The second kappa shape index (κ2) is 8.37. The molecule has 1 fully saturated rings. The van der Waals surface area contributed by atoms with Crippen molar-refractivity contribution in [1.29, 1.82) is 0 Å². The van der Waals surface area contributed by atoms with Gasteiger partial charge in [0.25, 0.3) is 0 Å². The van der Waals surface area contributed by atoms with Gasteiger partial charge in [-0.25, -0.2) is 9.37 Å². The Hall–Kier alpha value is -1.10. The van der Waals surface area contributed by atoms with Gasteiger partial charge in [0, 0.05) is 6.42 Å². The summed E-state index contributed by atoms with van der Waals surface area (Å²) in [5, 5.41) is 3.41. The SMILES string of the molecule is Cl.Cl.Fc1ccc(Cc2cnc(C3CCCCN3)o2)cc1. The molecule has 0 amide bonds. The molecule has 0 radical (unpaired) electrons. The van der Waals surface area contributed by atoms with Gasteiger partial charge in [-0.05, 0) is 37.1 Å². The van der Waals surface area contributed by atoms with Crippen LogP contribution in [0.15, 0.2) is 34.9 Å². The molecule has 1 aliphatic rings. The fraction of sp³-hybridized carbons (Fsp3) is 0.400. The summed E-state index contributed by atoms with van der Waals surface area (Å²) in [4.78, 5) is 4.35. The first kappa shape index (κ1) is 18.0. The molecule has 1 N–H and O–H groups in total. The standard InChI is InChI=1S/C15H17FN2O.2ClH/c16-12-6-4-11(5-7-12)9-13-10-18-15(19-13)14-3-1-2-8-17-14;;/h4-7,10,14,17H,1-3,8-9H2;2*1H. The van der Waals surface area contributed by atoms with E-state index in [2.05, 4.69) is 10.3 Å². The van der Waals surface area contributed by atoms with Gasteiger partial charge in [-0.2, -0.15) is 0 Å². The Morgan fingerprint density at radius 1 is 1.19 bits per heavy atom. The smallest absolute Gasteiger partial charge is 0.211 e. The van der Waals surface area contributed by atoms with Crippen LogP contribution in [-0.2, 0) is 6.42 Å². The van der Waals surface area contributed by atoms with Gasteiger partial charge in [-0.1, -0.05) is 18.6 Å². The molecule has 3 rings (SSSR count). The number of benzene rings is 1. The van der Waals surface area contributed by atoms with Crippen molar-refractivity contribution in [2.75, 3.05) is 6.54 Å². The maximum absolute atomic E-state index is 12.8. The number of aromatic nitrogens is 1. The van der Waals surface area contributed by atoms with Crippen LogP contribution in [0.25, 0.3) is 0 Å². The van der Waals surface area contributed by atoms with Crippen LogP contribution in [0.3, 0.4) is 0 Å². The molecule has 116 valence electrons.